The quantitative estimate of drug-likeness (QED) is 0.899. The Morgan fingerprint density at radius 2 is 2.05 bits per heavy atom. The van der Waals surface area contributed by atoms with Crippen molar-refractivity contribution in [1.29, 1.82) is 0 Å². The van der Waals surface area contributed by atoms with Crippen LogP contribution in [0.2, 0.25) is 0 Å². The number of aryl methyl sites for hydroxylation is 2. The third-order valence-corrected chi connectivity index (χ3v) is 3.00. The summed E-state index contributed by atoms with van der Waals surface area (Å²) in [7, 11) is 1.60. The number of nitrogen functional groups attached to an aromatic ring is 1. The van der Waals surface area contributed by atoms with Gasteiger partial charge in [-0.05, 0) is 43.7 Å². The number of nitrogens with one attached hydrogen (secondary N) is 1. The summed E-state index contributed by atoms with van der Waals surface area (Å²) in [6.45, 7) is 3.72. The van der Waals surface area contributed by atoms with Gasteiger partial charge in [0, 0.05) is 23.3 Å². The van der Waals surface area contributed by atoms with Crippen LogP contribution in [0.15, 0.2) is 30.5 Å². The SMILES string of the molecule is COc1ccc(NC(=O)c2cnc(C)cc2N)c(C)c1. The number of benzene rings is 1. The first-order valence-corrected chi connectivity index (χ1v) is 6.19. The van der Waals surface area contributed by atoms with Crippen molar-refractivity contribution in [3.63, 3.8) is 0 Å². The molecular weight excluding hydrogens is 254 g/mol. The van der Waals surface area contributed by atoms with Crippen LogP contribution in [0.3, 0.4) is 0 Å². The van der Waals surface area contributed by atoms with Crippen LogP contribution in [-0.4, -0.2) is 18.0 Å². The van der Waals surface area contributed by atoms with E-state index in [1.165, 1.54) is 6.20 Å². The minimum atomic E-state index is -0.275. The zero-order chi connectivity index (χ0) is 14.7. The third-order valence-electron chi connectivity index (χ3n) is 3.00. The summed E-state index contributed by atoms with van der Waals surface area (Å²) in [5.41, 5.74) is 9.03. The van der Waals surface area contributed by atoms with E-state index < -0.39 is 0 Å². The number of ether oxygens (including phenoxy) is 1. The maximum atomic E-state index is 12.2. The molecule has 1 aromatic heterocycles. The molecule has 0 atom stereocenters. The van der Waals surface area contributed by atoms with Gasteiger partial charge in [-0.1, -0.05) is 0 Å². The lowest BCUT2D eigenvalue weighted by atomic mass is 10.1. The summed E-state index contributed by atoms with van der Waals surface area (Å²) in [6.07, 6.45) is 1.48. The fourth-order valence-corrected chi connectivity index (χ4v) is 1.86. The third kappa shape index (κ3) is 2.88. The number of carbonyl (C=O) groups excluding carboxylic acids is 1. The lowest BCUT2D eigenvalue weighted by Crippen LogP contribution is -2.15. The molecular formula is C15H17N3O2. The molecule has 1 aromatic carbocycles. The van der Waals surface area contributed by atoms with Crippen molar-refractivity contribution < 1.29 is 9.53 Å². The van der Waals surface area contributed by atoms with E-state index in [4.69, 9.17) is 10.5 Å². The van der Waals surface area contributed by atoms with Gasteiger partial charge in [-0.15, -0.1) is 0 Å². The average Bonchev–Trinajstić information content (AvgIpc) is 2.40. The average molecular weight is 271 g/mol. The van der Waals surface area contributed by atoms with E-state index in [1.54, 1.807) is 25.3 Å². The van der Waals surface area contributed by atoms with Crippen LogP contribution in [0.25, 0.3) is 0 Å². The normalized spacial score (nSPS) is 10.2. The number of hydrogen-bond acceptors (Lipinski definition) is 4. The Bertz CT molecular complexity index is 654. The summed E-state index contributed by atoms with van der Waals surface area (Å²) in [5, 5.41) is 2.82. The van der Waals surface area contributed by atoms with Gasteiger partial charge in [-0.3, -0.25) is 9.78 Å². The Balaban J connectivity index is 2.23. The van der Waals surface area contributed by atoms with Crippen LogP contribution in [0.4, 0.5) is 11.4 Å². The van der Waals surface area contributed by atoms with Gasteiger partial charge >= 0.3 is 0 Å². The van der Waals surface area contributed by atoms with E-state index in [2.05, 4.69) is 10.3 Å². The minimum Gasteiger partial charge on any atom is -0.497 e. The van der Waals surface area contributed by atoms with Gasteiger partial charge in [0.25, 0.3) is 5.91 Å². The number of aromatic nitrogens is 1. The second-order valence-electron chi connectivity index (χ2n) is 4.55. The lowest BCUT2D eigenvalue weighted by molar-refractivity contribution is 0.102. The molecule has 5 nitrogen and oxygen atoms in total. The molecule has 0 aliphatic carbocycles. The van der Waals surface area contributed by atoms with Crippen LogP contribution >= 0.6 is 0 Å². The molecule has 0 aliphatic heterocycles. The van der Waals surface area contributed by atoms with Crippen molar-refractivity contribution in [2.24, 2.45) is 0 Å². The molecule has 1 amide bonds. The molecule has 20 heavy (non-hydrogen) atoms. The van der Waals surface area contributed by atoms with Gasteiger partial charge in [0.05, 0.1) is 12.7 Å². The summed E-state index contributed by atoms with van der Waals surface area (Å²) >= 11 is 0. The van der Waals surface area contributed by atoms with E-state index in [0.29, 0.717) is 11.3 Å². The molecule has 0 bridgehead atoms. The highest BCUT2D eigenvalue weighted by Crippen LogP contribution is 2.22. The highest BCUT2D eigenvalue weighted by atomic mass is 16.5. The Morgan fingerprint density at radius 3 is 2.65 bits per heavy atom. The van der Waals surface area contributed by atoms with Crippen molar-refractivity contribution in [2.45, 2.75) is 13.8 Å². The van der Waals surface area contributed by atoms with Gasteiger partial charge in [0.15, 0.2) is 0 Å². The first kappa shape index (κ1) is 13.9. The molecule has 2 aromatic rings. The number of pyridine rings is 1. The van der Waals surface area contributed by atoms with Crippen molar-refractivity contribution in [1.82, 2.24) is 4.98 Å². The zero-order valence-corrected chi connectivity index (χ0v) is 11.7. The molecule has 0 saturated carbocycles. The number of carbonyl (C=O) groups is 1. The summed E-state index contributed by atoms with van der Waals surface area (Å²) < 4.78 is 5.13. The number of rotatable bonds is 3. The summed E-state index contributed by atoms with van der Waals surface area (Å²) in [4.78, 5) is 16.3. The second-order valence-corrected chi connectivity index (χ2v) is 4.55. The van der Waals surface area contributed by atoms with Gasteiger partial charge < -0.3 is 15.8 Å². The van der Waals surface area contributed by atoms with E-state index in [1.807, 2.05) is 19.9 Å². The molecule has 5 heteroatoms. The summed E-state index contributed by atoms with van der Waals surface area (Å²) in [5.74, 6) is 0.472. The zero-order valence-electron chi connectivity index (χ0n) is 11.7. The smallest absolute Gasteiger partial charge is 0.259 e. The molecule has 0 radical (unpaired) electrons. The van der Waals surface area contributed by atoms with E-state index in [9.17, 15) is 4.79 Å². The van der Waals surface area contributed by atoms with Crippen LogP contribution in [-0.2, 0) is 0 Å². The Labute approximate surface area is 117 Å². The van der Waals surface area contributed by atoms with E-state index >= 15 is 0 Å². The molecule has 104 valence electrons. The number of hydrogen-bond donors (Lipinski definition) is 2. The fraction of sp³-hybridized carbons (Fsp3) is 0.200. The maximum absolute atomic E-state index is 12.2. The number of nitrogens with zero attached hydrogens (tertiary/aromatic N) is 1. The second kappa shape index (κ2) is 5.61. The highest BCUT2D eigenvalue weighted by Gasteiger charge is 2.12. The molecule has 0 spiro atoms. The van der Waals surface area contributed by atoms with Crippen LogP contribution in [0.5, 0.6) is 5.75 Å². The Morgan fingerprint density at radius 1 is 1.30 bits per heavy atom. The van der Waals surface area contributed by atoms with Gasteiger partial charge in [-0.2, -0.15) is 0 Å². The number of nitrogens with two attached hydrogens (primary N) is 1. The number of anilines is 2. The maximum Gasteiger partial charge on any atom is 0.259 e. The molecule has 0 aliphatic rings. The monoisotopic (exact) mass is 271 g/mol. The predicted octanol–water partition coefficient (Wildman–Crippen LogP) is 2.54. The van der Waals surface area contributed by atoms with Gasteiger partial charge in [0.2, 0.25) is 0 Å². The van der Waals surface area contributed by atoms with Crippen molar-refractivity contribution >= 4 is 17.3 Å². The minimum absolute atomic E-state index is 0.275. The number of amides is 1. The number of methoxy groups -OCH3 is 1. The fourth-order valence-electron chi connectivity index (χ4n) is 1.86. The Kier molecular flexibility index (Phi) is 3.89. The summed E-state index contributed by atoms with van der Waals surface area (Å²) in [6, 6.07) is 7.12. The first-order valence-electron chi connectivity index (χ1n) is 6.19. The Hall–Kier alpha value is -2.56. The molecule has 0 fully saturated rings. The topological polar surface area (TPSA) is 77.2 Å². The highest BCUT2D eigenvalue weighted by molar-refractivity contribution is 6.07. The molecule has 0 unspecified atom stereocenters. The van der Waals surface area contributed by atoms with Gasteiger partial charge in [-0.25, -0.2) is 0 Å². The molecule has 0 saturated heterocycles. The predicted molar refractivity (Wildman–Crippen MR) is 79.1 cm³/mol. The molecule has 3 N–H and O–H groups in total. The van der Waals surface area contributed by atoms with Crippen LogP contribution in [0, 0.1) is 13.8 Å². The van der Waals surface area contributed by atoms with Crippen molar-refractivity contribution in [3.05, 3.63) is 47.3 Å². The van der Waals surface area contributed by atoms with E-state index in [-0.39, 0.29) is 5.91 Å². The first-order chi connectivity index (χ1) is 9.51. The standard InChI is InChI=1S/C15H17N3O2/c1-9-6-11(20-3)4-5-14(9)18-15(19)12-8-17-10(2)7-13(12)16/h4-8H,1-3H3,(H2,16,17)(H,18,19). The van der Waals surface area contributed by atoms with Crippen LogP contribution in [0.1, 0.15) is 21.6 Å². The molecule has 2 rings (SSSR count). The molecule has 1 heterocycles. The van der Waals surface area contributed by atoms with Crippen LogP contribution < -0.4 is 15.8 Å². The largest absolute Gasteiger partial charge is 0.497 e. The van der Waals surface area contributed by atoms with Crippen molar-refractivity contribution in [2.75, 3.05) is 18.2 Å². The van der Waals surface area contributed by atoms with Crippen molar-refractivity contribution in [3.8, 4) is 5.75 Å². The van der Waals surface area contributed by atoms with Gasteiger partial charge in [0.1, 0.15) is 5.75 Å². The van der Waals surface area contributed by atoms with E-state index in [0.717, 1.165) is 22.7 Å². The lowest BCUT2D eigenvalue weighted by Gasteiger charge is -2.11.